The molecule has 0 saturated carbocycles. The van der Waals surface area contributed by atoms with E-state index in [0.717, 1.165) is 0 Å². The van der Waals surface area contributed by atoms with Gasteiger partial charge in [0.25, 0.3) is 5.69 Å². The third kappa shape index (κ3) is 2.00. The van der Waals surface area contributed by atoms with Gasteiger partial charge < -0.3 is 17.4 Å². The summed E-state index contributed by atoms with van der Waals surface area (Å²) in [4.78, 5) is 14.0. The Hall–Kier alpha value is -1.61. The highest BCUT2D eigenvalue weighted by Crippen LogP contribution is 1.87. The minimum absolute atomic E-state index is 0. The minimum atomic E-state index is -0.0845. The van der Waals surface area contributed by atoms with Crippen molar-refractivity contribution in [3.05, 3.63) is 59.3 Å². The van der Waals surface area contributed by atoms with Gasteiger partial charge in [-0.15, -0.1) is 0 Å². The molecule has 0 radical (unpaired) electrons. The zero-order chi connectivity index (χ0) is 9.10. The second-order valence-electron chi connectivity index (χ2n) is 2.67. The quantitative estimate of drug-likeness (QED) is 0.524. The van der Waals surface area contributed by atoms with Gasteiger partial charge in [0, 0.05) is 24.4 Å². The Labute approximate surface area is 87.5 Å². The lowest BCUT2D eigenvalue weighted by atomic mass is 10.4. The fourth-order valence-electron chi connectivity index (χ4n) is 1.18. The molecule has 0 aliphatic rings. The van der Waals surface area contributed by atoms with Crippen molar-refractivity contribution in [3.8, 4) is 5.69 Å². The van der Waals surface area contributed by atoms with Gasteiger partial charge in [-0.25, -0.2) is 0 Å². The summed E-state index contributed by atoms with van der Waals surface area (Å²) in [6.07, 6.45) is 5.30. The average Bonchev–Trinajstić information content (AvgIpc) is 2.20. The highest BCUT2D eigenvalue weighted by molar-refractivity contribution is 5.16. The predicted octanol–water partition coefficient (Wildman–Crippen LogP) is -2.34. The molecule has 0 atom stereocenters. The number of hydrogen-bond acceptors (Lipinski definition) is 1. The van der Waals surface area contributed by atoms with Crippen LogP contribution >= 0.6 is 0 Å². The number of hydrogen-bond donors (Lipinski definition) is 1. The maximum atomic E-state index is 11.3. The van der Waals surface area contributed by atoms with Crippen LogP contribution in [0.5, 0.6) is 0 Å². The maximum absolute atomic E-state index is 11.3. The van der Waals surface area contributed by atoms with Crippen LogP contribution in [-0.4, -0.2) is 4.98 Å². The van der Waals surface area contributed by atoms with Crippen LogP contribution in [0.3, 0.4) is 0 Å². The summed E-state index contributed by atoms with van der Waals surface area (Å²) in [6.45, 7) is 0. The Kier molecular flexibility index (Phi) is 3.42. The van der Waals surface area contributed by atoms with Gasteiger partial charge in [-0.2, -0.15) is 4.57 Å². The van der Waals surface area contributed by atoms with E-state index in [4.69, 9.17) is 0 Å². The third-order valence-electron chi connectivity index (χ3n) is 1.79. The van der Waals surface area contributed by atoms with Crippen molar-refractivity contribution in [2.24, 2.45) is 0 Å². The standard InChI is InChI=1S/C10H8N2O.ClH/c13-10-9(5-4-6-11-10)12-7-2-1-3-8-12;/h1-8H;1H. The van der Waals surface area contributed by atoms with Crippen LogP contribution in [0.1, 0.15) is 0 Å². The van der Waals surface area contributed by atoms with Gasteiger partial charge in [-0.3, -0.25) is 4.79 Å². The van der Waals surface area contributed by atoms with Gasteiger partial charge in [0.15, 0.2) is 12.4 Å². The zero-order valence-corrected chi connectivity index (χ0v) is 8.11. The summed E-state index contributed by atoms with van der Waals surface area (Å²) < 4.78 is 1.78. The molecule has 2 aromatic rings. The van der Waals surface area contributed by atoms with E-state index in [1.54, 1.807) is 22.9 Å². The van der Waals surface area contributed by atoms with E-state index in [1.807, 2.05) is 30.6 Å². The van der Waals surface area contributed by atoms with E-state index in [2.05, 4.69) is 4.98 Å². The Morgan fingerprint density at radius 3 is 2.43 bits per heavy atom. The second-order valence-corrected chi connectivity index (χ2v) is 2.67. The first-order chi connectivity index (χ1) is 6.38. The molecule has 2 aromatic heterocycles. The Morgan fingerprint density at radius 2 is 1.79 bits per heavy atom. The number of halogens is 1. The SMILES string of the molecule is O=c1[nH]cccc1-[n+]1ccccc1.[Cl-]. The van der Waals surface area contributed by atoms with Gasteiger partial charge in [-0.1, -0.05) is 6.07 Å². The molecule has 0 bridgehead atoms. The lowest BCUT2D eigenvalue weighted by Gasteiger charge is -1.91. The van der Waals surface area contributed by atoms with Gasteiger partial charge in [0.05, 0.1) is 0 Å². The van der Waals surface area contributed by atoms with Crippen LogP contribution in [0.2, 0.25) is 0 Å². The molecule has 0 aromatic carbocycles. The number of nitrogens with zero attached hydrogens (tertiary/aromatic N) is 1. The van der Waals surface area contributed by atoms with Gasteiger partial charge in [-0.05, 0) is 6.07 Å². The second kappa shape index (κ2) is 4.58. The van der Waals surface area contributed by atoms with E-state index in [9.17, 15) is 4.79 Å². The molecule has 2 rings (SSSR count). The maximum Gasteiger partial charge on any atom is 0.320 e. The van der Waals surface area contributed by atoms with Crippen molar-refractivity contribution >= 4 is 0 Å². The molecular formula is C10H9ClN2O. The number of rotatable bonds is 1. The van der Waals surface area contributed by atoms with E-state index >= 15 is 0 Å². The topological polar surface area (TPSA) is 36.7 Å². The van der Waals surface area contributed by atoms with Crippen molar-refractivity contribution in [1.29, 1.82) is 0 Å². The van der Waals surface area contributed by atoms with Crippen molar-refractivity contribution in [3.63, 3.8) is 0 Å². The Morgan fingerprint density at radius 1 is 1.07 bits per heavy atom. The number of H-pyrrole nitrogens is 1. The minimum Gasteiger partial charge on any atom is -1.00 e. The van der Waals surface area contributed by atoms with Crippen molar-refractivity contribution < 1.29 is 17.0 Å². The van der Waals surface area contributed by atoms with Gasteiger partial charge >= 0.3 is 5.56 Å². The molecule has 0 aliphatic heterocycles. The fraction of sp³-hybridized carbons (Fsp3) is 0. The molecule has 2 heterocycles. The Bertz CT molecular complexity index is 453. The molecule has 0 fully saturated rings. The molecule has 0 saturated heterocycles. The van der Waals surface area contributed by atoms with Crippen LogP contribution in [0, 0.1) is 0 Å². The summed E-state index contributed by atoms with van der Waals surface area (Å²) in [5.41, 5.74) is 0.543. The summed E-state index contributed by atoms with van der Waals surface area (Å²) in [6, 6.07) is 9.25. The van der Waals surface area contributed by atoms with Gasteiger partial charge in [0.2, 0.25) is 0 Å². The number of pyridine rings is 2. The molecule has 0 amide bonds. The summed E-state index contributed by atoms with van der Waals surface area (Å²) in [7, 11) is 0. The summed E-state index contributed by atoms with van der Waals surface area (Å²) >= 11 is 0. The van der Waals surface area contributed by atoms with Crippen LogP contribution in [0.25, 0.3) is 5.69 Å². The first-order valence-electron chi connectivity index (χ1n) is 4.02. The van der Waals surface area contributed by atoms with Gasteiger partial charge in [0.1, 0.15) is 0 Å². The summed E-state index contributed by atoms with van der Waals surface area (Å²) in [5.74, 6) is 0. The van der Waals surface area contributed by atoms with Crippen LogP contribution in [0.15, 0.2) is 53.7 Å². The average molecular weight is 209 g/mol. The zero-order valence-electron chi connectivity index (χ0n) is 7.35. The molecule has 3 nitrogen and oxygen atoms in total. The molecule has 0 unspecified atom stereocenters. The molecule has 72 valence electrons. The summed E-state index contributed by atoms with van der Waals surface area (Å²) in [5, 5.41) is 0. The number of aromatic amines is 1. The number of aromatic nitrogens is 2. The largest absolute Gasteiger partial charge is 1.00 e. The van der Waals surface area contributed by atoms with Crippen molar-refractivity contribution in [2.45, 2.75) is 0 Å². The van der Waals surface area contributed by atoms with Crippen LogP contribution in [0.4, 0.5) is 0 Å². The molecule has 0 spiro atoms. The van der Waals surface area contributed by atoms with Crippen molar-refractivity contribution in [1.82, 2.24) is 4.98 Å². The normalized spacial score (nSPS) is 9.14. The van der Waals surface area contributed by atoms with Crippen LogP contribution < -0.4 is 22.5 Å². The highest BCUT2D eigenvalue weighted by atomic mass is 35.5. The van der Waals surface area contributed by atoms with Crippen molar-refractivity contribution in [2.75, 3.05) is 0 Å². The van der Waals surface area contributed by atoms with E-state index < -0.39 is 0 Å². The smallest absolute Gasteiger partial charge is 0.320 e. The lowest BCUT2D eigenvalue weighted by molar-refractivity contribution is -0.596. The Balaban J connectivity index is 0.000000980. The first kappa shape index (κ1) is 10.5. The molecule has 0 aliphatic carbocycles. The molecule has 4 heteroatoms. The third-order valence-corrected chi connectivity index (χ3v) is 1.79. The van der Waals surface area contributed by atoms with E-state index in [0.29, 0.717) is 5.69 Å². The van der Waals surface area contributed by atoms with Crippen LogP contribution in [-0.2, 0) is 0 Å². The lowest BCUT2D eigenvalue weighted by Crippen LogP contribution is -3.00. The molecule has 1 N–H and O–H groups in total. The predicted molar refractivity (Wildman–Crippen MR) is 48.6 cm³/mol. The monoisotopic (exact) mass is 208 g/mol. The van der Waals surface area contributed by atoms with E-state index in [1.165, 1.54) is 0 Å². The molecular weight excluding hydrogens is 200 g/mol. The number of nitrogens with one attached hydrogen (secondary N) is 1. The fourth-order valence-corrected chi connectivity index (χ4v) is 1.18. The first-order valence-corrected chi connectivity index (χ1v) is 4.02. The van der Waals surface area contributed by atoms with E-state index in [-0.39, 0.29) is 18.0 Å². The highest BCUT2D eigenvalue weighted by Gasteiger charge is 2.07. The molecule has 14 heavy (non-hydrogen) atoms.